The number of anilines is 1. The van der Waals surface area contributed by atoms with Crippen LogP contribution < -0.4 is 15.8 Å². The lowest BCUT2D eigenvalue weighted by Crippen LogP contribution is -2.45. The molecule has 3 heterocycles. The molecule has 7 nitrogen and oxygen atoms in total. The van der Waals surface area contributed by atoms with Crippen LogP contribution in [0, 0.1) is 0 Å². The molecule has 1 fully saturated rings. The molecular formula is C19H22F3N5O2. The fraction of sp³-hybridized carbons (Fsp3) is 0.421. The van der Waals surface area contributed by atoms with Crippen LogP contribution in [-0.4, -0.2) is 53.6 Å². The normalized spacial score (nSPS) is 15.4. The van der Waals surface area contributed by atoms with Crippen molar-refractivity contribution in [3.8, 4) is 0 Å². The van der Waals surface area contributed by atoms with Gasteiger partial charge in [0, 0.05) is 50.7 Å². The smallest absolute Gasteiger partial charge is 0.354 e. The van der Waals surface area contributed by atoms with Gasteiger partial charge in [0.15, 0.2) is 0 Å². The minimum Gasteiger partial charge on any atom is -0.354 e. The predicted molar refractivity (Wildman–Crippen MR) is 101 cm³/mol. The van der Waals surface area contributed by atoms with Crippen molar-refractivity contribution in [1.82, 2.24) is 19.8 Å². The summed E-state index contributed by atoms with van der Waals surface area (Å²) in [6, 6.07) is 5.41. The lowest BCUT2D eigenvalue weighted by atomic mass is 10.2. The number of carbonyl (C=O) groups is 1. The summed E-state index contributed by atoms with van der Waals surface area (Å²) >= 11 is 0. The molecule has 2 aromatic heterocycles. The van der Waals surface area contributed by atoms with Crippen molar-refractivity contribution in [1.29, 1.82) is 0 Å². The van der Waals surface area contributed by atoms with Crippen molar-refractivity contribution in [2.24, 2.45) is 0 Å². The van der Waals surface area contributed by atoms with Gasteiger partial charge >= 0.3 is 6.18 Å². The van der Waals surface area contributed by atoms with Gasteiger partial charge in [0.2, 0.25) is 5.91 Å². The zero-order valence-electron chi connectivity index (χ0n) is 15.9. The first kappa shape index (κ1) is 20.8. The average molecular weight is 409 g/mol. The summed E-state index contributed by atoms with van der Waals surface area (Å²) in [5.74, 6) is 0.219. The Bertz CT molecular complexity index is 921. The van der Waals surface area contributed by atoms with Crippen molar-refractivity contribution in [2.45, 2.75) is 19.3 Å². The van der Waals surface area contributed by atoms with E-state index < -0.39 is 29.8 Å². The third-order valence-electron chi connectivity index (χ3n) is 4.79. The number of aromatic nitrogens is 2. The van der Waals surface area contributed by atoms with Gasteiger partial charge in [-0.2, -0.15) is 13.2 Å². The summed E-state index contributed by atoms with van der Waals surface area (Å²) in [4.78, 5) is 33.0. The summed E-state index contributed by atoms with van der Waals surface area (Å²) in [5, 5.41) is 2.66. The number of amides is 1. The second-order valence-electron chi connectivity index (χ2n) is 6.91. The average Bonchev–Trinajstić information content (AvgIpc) is 2.68. The van der Waals surface area contributed by atoms with Gasteiger partial charge in [-0.25, -0.2) is 4.98 Å². The number of carbonyl (C=O) groups excluding carboxylic acids is 1. The molecule has 1 saturated heterocycles. The van der Waals surface area contributed by atoms with E-state index in [1.807, 2.05) is 13.1 Å². The summed E-state index contributed by atoms with van der Waals surface area (Å²) in [7, 11) is 2.05. The molecule has 1 N–H and O–H groups in total. The largest absolute Gasteiger partial charge is 0.421 e. The highest BCUT2D eigenvalue weighted by Gasteiger charge is 2.34. The number of piperazine rings is 1. The topological polar surface area (TPSA) is 70.5 Å². The van der Waals surface area contributed by atoms with E-state index in [0.29, 0.717) is 6.07 Å². The first-order valence-corrected chi connectivity index (χ1v) is 9.16. The van der Waals surface area contributed by atoms with E-state index in [-0.39, 0.29) is 6.54 Å². The third kappa shape index (κ3) is 5.14. The molecule has 1 amide bonds. The second kappa shape index (κ2) is 8.64. The van der Waals surface area contributed by atoms with Crippen LogP contribution in [0.2, 0.25) is 0 Å². The summed E-state index contributed by atoms with van der Waals surface area (Å²) in [6.07, 6.45) is -1.91. The van der Waals surface area contributed by atoms with Crippen molar-refractivity contribution in [2.75, 3.05) is 38.1 Å². The second-order valence-corrected chi connectivity index (χ2v) is 6.91. The summed E-state index contributed by atoms with van der Waals surface area (Å²) < 4.78 is 39.3. The maximum atomic E-state index is 12.9. The van der Waals surface area contributed by atoms with Gasteiger partial charge in [-0.15, -0.1) is 0 Å². The molecule has 0 atom stereocenters. The molecule has 10 heteroatoms. The lowest BCUT2D eigenvalue weighted by Gasteiger charge is -2.34. The Morgan fingerprint density at radius 3 is 2.59 bits per heavy atom. The number of hydrogen-bond acceptors (Lipinski definition) is 5. The molecule has 1 aliphatic heterocycles. The fourth-order valence-electron chi connectivity index (χ4n) is 3.15. The molecule has 29 heavy (non-hydrogen) atoms. The van der Waals surface area contributed by atoms with E-state index in [0.717, 1.165) is 54.4 Å². The monoisotopic (exact) mass is 409 g/mol. The van der Waals surface area contributed by atoms with Crippen LogP contribution in [0.5, 0.6) is 0 Å². The third-order valence-corrected chi connectivity index (χ3v) is 4.79. The number of halogens is 3. The van der Waals surface area contributed by atoms with Crippen molar-refractivity contribution in [3.63, 3.8) is 0 Å². The van der Waals surface area contributed by atoms with Crippen LogP contribution in [0.15, 0.2) is 41.5 Å². The highest BCUT2D eigenvalue weighted by atomic mass is 19.4. The first-order chi connectivity index (χ1) is 13.8. The lowest BCUT2D eigenvalue weighted by molar-refractivity contribution is -0.139. The molecule has 156 valence electrons. The number of likely N-dealkylation sites (N-methyl/N-ethyl adjacent to an activating group) is 1. The van der Waals surface area contributed by atoms with Crippen LogP contribution in [0.4, 0.5) is 19.0 Å². The molecule has 0 aromatic carbocycles. The molecule has 0 aliphatic carbocycles. The molecule has 0 spiro atoms. The highest BCUT2D eigenvalue weighted by Crippen LogP contribution is 2.26. The quantitative estimate of drug-likeness (QED) is 0.807. The Kier molecular flexibility index (Phi) is 6.21. The van der Waals surface area contributed by atoms with Gasteiger partial charge in [-0.3, -0.25) is 9.59 Å². The Hall–Kier alpha value is -2.88. The number of alkyl halides is 3. The molecule has 3 rings (SSSR count). The fourth-order valence-corrected chi connectivity index (χ4v) is 3.15. The zero-order valence-corrected chi connectivity index (χ0v) is 15.9. The number of pyridine rings is 2. The SMILES string of the molecule is CN1CCN(c2ncccc2CNC(=O)Cn2cccc(C(F)(F)F)c2=O)CC1. The maximum Gasteiger partial charge on any atom is 0.421 e. The van der Waals surface area contributed by atoms with Crippen molar-refractivity contribution in [3.05, 3.63) is 58.1 Å². The molecule has 0 saturated carbocycles. The maximum absolute atomic E-state index is 12.9. The van der Waals surface area contributed by atoms with Crippen molar-refractivity contribution < 1.29 is 18.0 Å². The van der Waals surface area contributed by atoms with Gasteiger partial charge in [-0.05, 0) is 25.2 Å². The Labute approximate surface area is 165 Å². The Morgan fingerprint density at radius 2 is 1.90 bits per heavy atom. The number of nitrogens with zero attached hydrogens (tertiary/aromatic N) is 4. The number of hydrogen-bond donors (Lipinski definition) is 1. The number of nitrogens with one attached hydrogen (secondary N) is 1. The molecule has 0 radical (unpaired) electrons. The van der Waals surface area contributed by atoms with E-state index in [1.165, 1.54) is 0 Å². The van der Waals surface area contributed by atoms with Crippen LogP contribution in [0.1, 0.15) is 11.1 Å². The molecule has 2 aromatic rings. The van der Waals surface area contributed by atoms with Crippen LogP contribution in [-0.2, 0) is 24.1 Å². The highest BCUT2D eigenvalue weighted by molar-refractivity contribution is 5.75. The van der Waals surface area contributed by atoms with Gasteiger partial charge in [-0.1, -0.05) is 6.07 Å². The van der Waals surface area contributed by atoms with E-state index in [9.17, 15) is 22.8 Å². The predicted octanol–water partition coefficient (Wildman–Crippen LogP) is 1.33. The van der Waals surface area contributed by atoms with Gasteiger partial charge < -0.3 is 19.7 Å². The molecule has 0 unspecified atom stereocenters. The van der Waals surface area contributed by atoms with E-state index in [4.69, 9.17) is 0 Å². The molecule has 0 bridgehead atoms. The number of rotatable bonds is 5. The van der Waals surface area contributed by atoms with Gasteiger partial charge in [0.05, 0.1) is 0 Å². The van der Waals surface area contributed by atoms with Crippen molar-refractivity contribution >= 4 is 11.7 Å². The first-order valence-electron chi connectivity index (χ1n) is 9.16. The standard InChI is InChI=1S/C19H22F3N5O2/c1-25-8-10-26(11-9-25)17-14(4-2-6-23-17)12-24-16(28)13-27-7-3-5-15(18(27)29)19(20,21)22/h2-7H,8-13H2,1H3,(H,24,28). The summed E-state index contributed by atoms with van der Waals surface area (Å²) in [5.41, 5.74) is -1.73. The molecule has 1 aliphatic rings. The van der Waals surface area contributed by atoms with Gasteiger partial charge in [0.25, 0.3) is 5.56 Å². The van der Waals surface area contributed by atoms with Crippen LogP contribution in [0.25, 0.3) is 0 Å². The van der Waals surface area contributed by atoms with Gasteiger partial charge in [0.1, 0.15) is 17.9 Å². The zero-order chi connectivity index (χ0) is 21.0. The Morgan fingerprint density at radius 1 is 1.17 bits per heavy atom. The molecular weight excluding hydrogens is 387 g/mol. The van der Waals surface area contributed by atoms with E-state index in [2.05, 4.69) is 20.1 Å². The van der Waals surface area contributed by atoms with Crippen LogP contribution in [0.3, 0.4) is 0 Å². The van der Waals surface area contributed by atoms with E-state index in [1.54, 1.807) is 12.3 Å². The summed E-state index contributed by atoms with van der Waals surface area (Å²) in [6.45, 7) is 3.11. The van der Waals surface area contributed by atoms with Crippen LogP contribution >= 0.6 is 0 Å². The Balaban J connectivity index is 1.66. The minimum absolute atomic E-state index is 0.169. The minimum atomic E-state index is -4.76. The van der Waals surface area contributed by atoms with E-state index >= 15 is 0 Å².